The van der Waals surface area contributed by atoms with Crippen LogP contribution in [0.3, 0.4) is 0 Å². The molecule has 0 unspecified atom stereocenters. The fraction of sp³-hybridized carbons (Fsp3) is 0.462. The van der Waals surface area contributed by atoms with Crippen LogP contribution in [0.4, 0.5) is 0 Å². The molecule has 0 amide bonds. The van der Waals surface area contributed by atoms with Crippen molar-refractivity contribution in [2.24, 2.45) is 4.99 Å². The summed E-state index contributed by atoms with van der Waals surface area (Å²) in [5.74, 6) is 0. The van der Waals surface area contributed by atoms with Crippen LogP contribution in [-0.4, -0.2) is 6.08 Å². The first-order chi connectivity index (χ1) is 7.10. The summed E-state index contributed by atoms with van der Waals surface area (Å²) in [6, 6.07) is 8.24. The van der Waals surface area contributed by atoms with Crippen molar-refractivity contribution in [1.29, 1.82) is 0 Å². The normalized spacial score (nSPS) is 10.9. The molecular formula is C13H17NO. The number of aliphatic imine (C=N–C) groups is 1. The maximum absolute atomic E-state index is 10.3. The molecule has 0 spiro atoms. The number of isocyanates is 1. The lowest BCUT2D eigenvalue weighted by molar-refractivity contribution is 0.522. The van der Waals surface area contributed by atoms with E-state index in [0.717, 1.165) is 18.4 Å². The molecule has 0 radical (unpaired) electrons. The number of hydrogen-bond donors (Lipinski definition) is 0. The van der Waals surface area contributed by atoms with Gasteiger partial charge in [0.25, 0.3) is 0 Å². The van der Waals surface area contributed by atoms with Gasteiger partial charge in [-0.15, -0.1) is 0 Å². The molecule has 0 bridgehead atoms. The fourth-order valence-electron chi connectivity index (χ4n) is 1.57. The molecule has 2 heteroatoms. The Morgan fingerprint density at radius 2 is 2.13 bits per heavy atom. The van der Waals surface area contributed by atoms with Gasteiger partial charge in [0.1, 0.15) is 0 Å². The summed E-state index contributed by atoms with van der Waals surface area (Å²) in [6.07, 6.45) is 3.82. The molecule has 0 heterocycles. The van der Waals surface area contributed by atoms with Gasteiger partial charge in [-0.05, 0) is 31.4 Å². The van der Waals surface area contributed by atoms with Crippen LogP contribution < -0.4 is 0 Å². The third-order valence-electron chi connectivity index (χ3n) is 2.50. The lowest BCUT2D eigenvalue weighted by Gasteiger charge is -2.18. The zero-order valence-electron chi connectivity index (χ0n) is 9.58. The van der Waals surface area contributed by atoms with E-state index in [1.165, 1.54) is 5.56 Å². The fourth-order valence-corrected chi connectivity index (χ4v) is 1.57. The second kappa shape index (κ2) is 4.90. The Morgan fingerprint density at radius 1 is 1.40 bits per heavy atom. The maximum Gasteiger partial charge on any atom is 0.235 e. The Bertz CT molecular complexity index is 376. The zero-order valence-corrected chi connectivity index (χ0v) is 9.58. The molecule has 0 saturated carbocycles. The van der Waals surface area contributed by atoms with Crippen LogP contribution in [0.5, 0.6) is 0 Å². The number of aryl methyl sites for hydroxylation is 1. The molecule has 2 nitrogen and oxygen atoms in total. The van der Waals surface area contributed by atoms with Gasteiger partial charge in [-0.1, -0.05) is 37.6 Å². The highest BCUT2D eigenvalue weighted by Crippen LogP contribution is 2.25. The minimum Gasteiger partial charge on any atom is -0.211 e. The quantitative estimate of drug-likeness (QED) is 0.545. The van der Waals surface area contributed by atoms with Gasteiger partial charge < -0.3 is 0 Å². The van der Waals surface area contributed by atoms with E-state index in [1.807, 2.05) is 26.0 Å². The molecule has 0 saturated heterocycles. The monoisotopic (exact) mass is 203 g/mol. The molecular weight excluding hydrogens is 186 g/mol. The molecule has 1 rings (SSSR count). The minimum absolute atomic E-state index is 0.467. The van der Waals surface area contributed by atoms with E-state index in [-0.39, 0.29) is 0 Å². The van der Waals surface area contributed by atoms with E-state index < -0.39 is 5.54 Å². The van der Waals surface area contributed by atoms with Gasteiger partial charge >= 0.3 is 0 Å². The predicted octanol–water partition coefficient (Wildman–Crippen LogP) is 3.21. The highest BCUT2D eigenvalue weighted by molar-refractivity contribution is 5.38. The van der Waals surface area contributed by atoms with Gasteiger partial charge in [0.05, 0.1) is 5.54 Å². The smallest absolute Gasteiger partial charge is 0.211 e. The lowest BCUT2D eigenvalue weighted by atomic mass is 9.93. The summed E-state index contributed by atoms with van der Waals surface area (Å²) in [5, 5.41) is 0. The number of carbonyl (C=O) groups excluding carboxylic acids is 1. The third-order valence-corrected chi connectivity index (χ3v) is 2.50. The second-order valence-corrected chi connectivity index (χ2v) is 4.21. The van der Waals surface area contributed by atoms with Crippen molar-refractivity contribution in [3.8, 4) is 0 Å². The van der Waals surface area contributed by atoms with Gasteiger partial charge in [-0.25, -0.2) is 4.79 Å². The Morgan fingerprint density at radius 3 is 2.73 bits per heavy atom. The Kier molecular flexibility index (Phi) is 3.81. The van der Waals surface area contributed by atoms with E-state index in [9.17, 15) is 4.79 Å². The Balaban J connectivity index is 3.04. The summed E-state index contributed by atoms with van der Waals surface area (Å²) in [6.45, 7) is 5.99. The molecule has 1 aromatic rings. The number of hydrogen-bond acceptors (Lipinski definition) is 2. The van der Waals surface area contributed by atoms with E-state index in [1.54, 1.807) is 6.08 Å². The summed E-state index contributed by atoms with van der Waals surface area (Å²) < 4.78 is 0. The van der Waals surface area contributed by atoms with Crippen LogP contribution in [-0.2, 0) is 16.8 Å². The summed E-state index contributed by atoms with van der Waals surface area (Å²) in [7, 11) is 0. The van der Waals surface area contributed by atoms with Crippen LogP contribution in [0.15, 0.2) is 29.3 Å². The number of benzene rings is 1. The van der Waals surface area contributed by atoms with Crippen molar-refractivity contribution < 1.29 is 4.79 Å². The average molecular weight is 203 g/mol. The van der Waals surface area contributed by atoms with Crippen LogP contribution in [0.25, 0.3) is 0 Å². The predicted molar refractivity (Wildman–Crippen MR) is 61.6 cm³/mol. The molecule has 0 N–H and O–H groups in total. The molecule has 0 aliphatic heterocycles. The van der Waals surface area contributed by atoms with E-state index >= 15 is 0 Å². The first kappa shape index (κ1) is 11.7. The summed E-state index contributed by atoms with van der Waals surface area (Å²) >= 11 is 0. The van der Waals surface area contributed by atoms with Crippen LogP contribution in [0.1, 0.15) is 38.3 Å². The zero-order chi connectivity index (χ0) is 11.3. The molecule has 15 heavy (non-hydrogen) atoms. The highest BCUT2D eigenvalue weighted by Gasteiger charge is 2.19. The van der Waals surface area contributed by atoms with Crippen molar-refractivity contribution in [3.05, 3.63) is 35.4 Å². The first-order valence-corrected chi connectivity index (χ1v) is 5.28. The van der Waals surface area contributed by atoms with E-state index in [0.29, 0.717) is 0 Å². The average Bonchev–Trinajstić information content (AvgIpc) is 2.19. The molecule has 0 aromatic heterocycles. The van der Waals surface area contributed by atoms with Gasteiger partial charge in [0.15, 0.2) is 0 Å². The summed E-state index contributed by atoms with van der Waals surface area (Å²) in [4.78, 5) is 14.1. The highest BCUT2D eigenvalue weighted by atomic mass is 16.1. The van der Waals surface area contributed by atoms with E-state index in [4.69, 9.17) is 0 Å². The molecule has 0 fully saturated rings. The maximum atomic E-state index is 10.3. The third kappa shape index (κ3) is 3.03. The molecule has 1 aromatic carbocycles. The number of nitrogens with zero attached hydrogens (tertiary/aromatic N) is 1. The SMILES string of the molecule is CCCc1cccc(C(C)(C)N=C=O)c1. The van der Waals surface area contributed by atoms with Crippen molar-refractivity contribution in [2.45, 2.75) is 39.2 Å². The first-order valence-electron chi connectivity index (χ1n) is 5.28. The van der Waals surface area contributed by atoms with Gasteiger partial charge in [-0.2, -0.15) is 4.99 Å². The van der Waals surface area contributed by atoms with Crippen molar-refractivity contribution >= 4 is 6.08 Å². The van der Waals surface area contributed by atoms with Gasteiger partial charge in [-0.3, -0.25) is 0 Å². The van der Waals surface area contributed by atoms with Crippen LogP contribution >= 0.6 is 0 Å². The lowest BCUT2D eigenvalue weighted by Crippen LogP contribution is -2.13. The van der Waals surface area contributed by atoms with Crippen molar-refractivity contribution in [2.75, 3.05) is 0 Å². The minimum atomic E-state index is -0.467. The van der Waals surface area contributed by atoms with Crippen molar-refractivity contribution in [1.82, 2.24) is 0 Å². The Labute approximate surface area is 91.0 Å². The van der Waals surface area contributed by atoms with Gasteiger partial charge in [0, 0.05) is 0 Å². The van der Waals surface area contributed by atoms with Gasteiger partial charge in [0.2, 0.25) is 6.08 Å². The molecule has 0 aliphatic rings. The largest absolute Gasteiger partial charge is 0.235 e. The van der Waals surface area contributed by atoms with Crippen LogP contribution in [0.2, 0.25) is 0 Å². The van der Waals surface area contributed by atoms with Crippen molar-refractivity contribution in [3.63, 3.8) is 0 Å². The van der Waals surface area contributed by atoms with Crippen LogP contribution in [0, 0.1) is 0 Å². The number of rotatable bonds is 4. The summed E-state index contributed by atoms with van der Waals surface area (Å²) in [5.41, 5.74) is 1.90. The van der Waals surface area contributed by atoms with E-state index in [2.05, 4.69) is 24.0 Å². The standard InChI is InChI=1S/C13H17NO/c1-4-6-11-7-5-8-12(9-11)13(2,3)14-10-15/h5,7-9H,4,6H2,1-3H3. The molecule has 0 aliphatic carbocycles. The molecule has 0 atom stereocenters. The second-order valence-electron chi connectivity index (χ2n) is 4.21. The topological polar surface area (TPSA) is 29.4 Å². The molecule has 80 valence electrons. The Hall–Kier alpha value is -1.40.